The van der Waals surface area contributed by atoms with Crippen molar-refractivity contribution in [2.75, 3.05) is 18.1 Å². The predicted octanol–water partition coefficient (Wildman–Crippen LogP) is 2.29. The smallest absolute Gasteiger partial charge is 0.0221 e. The van der Waals surface area contributed by atoms with E-state index in [4.69, 9.17) is 0 Å². The summed E-state index contributed by atoms with van der Waals surface area (Å²) in [7, 11) is 0. The number of allylic oxidation sites excluding steroid dienone is 1. The zero-order chi connectivity index (χ0) is 8.81. The third-order valence-electron chi connectivity index (χ3n) is 2.16. The Bertz CT molecular complexity index is 139. The standard InChI is InChI=1S/C10H19NS/c1-3-11-9(2)4-5-10-6-7-12-8-10/h4-5,9-11H,3,6-8H2,1-2H3/b5-4+. The fourth-order valence-corrected chi connectivity index (χ4v) is 2.63. The molecule has 1 fully saturated rings. The highest BCUT2D eigenvalue weighted by molar-refractivity contribution is 7.99. The molecule has 0 aliphatic carbocycles. The van der Waals surface area contributed by atoms with E-state index >= 15 is 0 Å². The number of likely N-dealkylation sites (N-methyl/N-ethyl adjacent to an activating group) is 1. The summed E-state index contributed by atoms with van der Waals surface area (Å²) in [4.78, 5) is 0. The van der Waals surface area contributed by atoms with Crippen LogP contribution >= 0.6 is 11.8 Å². The summed E-state index contributed by atoms with van der Waals surface area (Å²) in [5.74, 6) is 3.52. The van der Waals surface area contributed by atoms with Crippen molar-refractivity contribution in [3.8, 4) is 0 Å². The van der Waals surface area contributed by atoms with Gasteiger partial charge in [-0.05, 0) is 37.3 Å². The van der Waals surface area contributed by atoms with Gasteiger partial charge in [-0.15, -0.1) is 0 Å². The van der Waals surface area contributed by atoms with Crippen LogP contribution < -0.4 is 5.32 Å². The van der Waals surface area contributed by atoms with Gasteiger partial charge in [-0.1, -0.05) is 19.1 Å². The SMILES string of the molecule is CCNC(C)/C=C/C1CCSC1. The normalized spacial score (nSPS) is 26.7. The second-order valence-corrected chi connectivity index (χ2v) is 4.50. The Kier molecular flexibility index (Phi) is 4.77. The molecule has 2 unspecified atom stereocenters. The van der Waals surface area contributed by atoms with Crippen LogP contribution in [-0.2, 0) is 0 Å². The molecule has 0 aromatic rings. The topological polar surface area (TPSA) is 12.0 Å². The molecule has 1 aliphatic heterocycles. The Balaban J connectivity index is 2.18. The summed E-state index contributed by atoms with van der Waals surface area (Å²) in [5, 5.41) is 3.38. The summed E-state index contributed by atoms with van der Waals surface area (Å²) in [6.07, 6.45) is 6.06. The average Bonchev–Trinajstić information content (AvgIpc) is 2.53. The van der Waals surface area contributed by atoms with E-state index in [2.05, 4.69) is 43.1 Å². The predicted molar refractivity (Wildman–Crippen MR) is 57.7 cm³/mol. The lowest BCUT2D eigenvalue weighted by molar-refractivity contribution is 0.650. The van der Waals surface area contributed by atoms with E-state index in [1.165, 1.54) is 17.9 Å². The van der Waals surface area contributed by atoms with E-state index in [0.29, 0.717) is 6.04 Å². The largest absolute Gasteiger partial charge is 0.311 e. The van der Waals surface area contributed by atoms with E-state index in [1.54, 1.807) is 0 Å². The van der Waals surface area contributed by atoms with Gasteiger partial charge < -0.3 is 5.32 Å². The van der Waals surface area contributed by atoms with Crippen LogP contribution in [0.4, 0.5) is 0 Å². The molecule has 2 atom stereocenters. The molecule has 12 heavy (non-hydrogen) atoms. The molecule has 0 aromatic heterocycles. The quantitative estimate of drug-likeness (QED) is 0.674. The first kappa shape index (κ1) is 10.1. The van der Waals surface area contributed by atoms with Gasteiger partial charge in [-0.3, -0.25) is 0 Å². The molecule has 0 radical (unpaired) electrons. The van der Waals surface area contributed by atoms with Crippen LogP contribution in [-0.4, -0.2) is 24.1 Å². The Labute approximate surface area is 80.0 Å². The summed E-state index contributed by atoms with van der Waals surface area (Å²) in [6.45, 7) is 5.42. The van der Waals surface area contributed by atoms with Gasteiger partial charge in [0.25, 0.3) is 0 Å². The number of thioether (sulfide) groups is 1. The zero-order valence-corrected chi connectivity index (χ0v) is 8.86. The van der Waals surface area contributed by atoms with Crippen LogP contribution in [0.25, 0.3) is 0 Å². The minimum absolute atomic E-state index is 0.542. The highest BCUT2D eigenvalue weighted by Gasteiger charge is 2.11. The molecule has 70 valence electrons. The lowest BCUT2D eigenvalue weighted by Crippen LogP contribution is -2.23. The highest BCUT2D eigenvalue weighted by Crippen LogP contribution is 2.24. The molecular formula is C10H19NS. The molecule has 0 saturated carbocycles. The minimum atomic E-state index is 0.542. The first-order valence-electron chi connectivity index (χ1n) is 4.82. The van der Waals surface area contributed by atoms with Crippen LogP contribution in [0, 0.1) is 5.92 Å². The second-order valence-electron chi connectivity index (χ2n) is 3.35. The van der Waals surface area contributed by atoms with Crippen molar-refractivity contribution >= 4 is 11.8 Å². The highest BCUT2D eigenvalue weighted by atomic mass is 32.2. The van der Waals surface area contributed by atoms with Crippen LogP contribution in [0.2, 0.25) is 0 Å². The third kappa shape index (κ3) is 3.63. The molecule has 1 aliphatic rings. The van der Waals surface area contributed by atoms with Gasteiger partial charge >= 0.3 is 0 Å². The Morgan fingerprint density at radius 2 is 2.50 bits per heavy atom. The molecule has 1 nitrogen and oxygen atoms in total. The van der Waals surface area contributed by atoms with Crippen molar-refractivity contribution < 1.29 is 0 Å². The van der Waals surface area contributed by atoms with Gasteiger partial charge in [0.15, 0.2) is 0 Å². The number of hydrogen-bond acceptors (Lipinski definition) is 2. The second kappa shape index (κ2) is 5.65. The number of hydrogen-bond donors (Lipinski definition) is 1. The molecule has 0 bridgehead atoms. The number of nitrogens with one attached hydrogen (secondary N) is 1. The Hall–Kier alpha value is 0.0500. The van der Waals surface area contributed by atoms with E-state index in [0.717, 1.165) is 12.5 Å². The van der Waals surface area contributed by atoms with Crippen LogP contribution in [0.1, 0.15) is 20.3 Å². The van der Waals surface area contributed by atoms with Gasteiger partial charge in [0.05, 0.1) is 0 Å². The van der Waals surface area contributed by atoms with E-state index in [9.17, 15) is 0 Å². The lowest BCUT2D eigenvalue weighted by Gasteiger charge is -2.07. The maximum Gasteiger partial charge on any atom is 0.0221 e. The van der Waals surface area contributed by atoms with E-state index in [-0.39, 0.29) is 0 Å². The van der Waals surface area contributed by atoms with Crippen molar-refractivity contribution in [2.45, 2.75) is 26.3 Å². The van der Waals surface area contributed by atoms with Crippen LogP contribution in [0.5, 0.6) is 0 Å². The fourth-order valence-electron chi connectivity index (χ4n) is 1.42. The van der Waals surface area contributed by atoms with E-state index < -0.39 is 0 Å². The molecule has 0 amide bonds. The maximum atomic E-state index is 3.38. The first-order valence-corrected chi connectivity index (χ1v) is 5.98. The summed E-state index contributed by atoms with van der Waals surface area (Å²) in [5.41, 5.74) is 0. The van der Waals surface area contributed by atoms with Crippen molar-refractivity contribution in [3.63, 3.8) is 0 Å². The van der Waals surface area contributed by atoms with Crippen molar-refractivity contribution in [2.24, 2.45) is 5.92 Å². The molecule has 0 spiro atoms. The minimum Gasteiger partial charge on any atom is -0.311 e. The monoisotopic (exact) mass is 185 g/mol. The van der Waals surface area contributed by atoms with E-state index in [1.807, 2.05) is 0 Å². The Morgan fingerprint density at radius 3 is 3.08 bits per heavy atom. The lowest BCUT2D eigenvalue weighted by atomic mass is 10.1. The van der Waals surface area contributed by atoms with Gasteiger partial charge in [0.1, 0.15) is 0 Å². The van der Waals surface area contributed by atoms with Gasteiger partial charge in [-0.2, -0.15) is 11.8 Å². The summed E-state index contributed by atoms with van der Waals surface area (Å²) >= 11 is 2.08. The molecular weight excluding hydrogens is 166 g/mol. The molecule has 1 saturated heterocycles. The molecule has 1 N–H and O–H groups in total. The van der Waals surface area contributed by atoms with Crippen LogP contribution in [0.15, 0.2) is 12.2 Å². The zero-order valence-electron chi connectivity index (χ0n) is 8.05. The van der Waals surface area contributed by atoms with Crippen molar-refractivity contribution in [3.05, 3.63) is 12.2 Å². The van der Waals surface area contributed by atoms with Gasteiger partial charge in [0.2, 0.25) is 0 Å². The summed E-state index contributed by atoms with van der Waals surface area (Å²) in [6, 6.07) is 0.542. The van der Waals surface area contributed by atoms with Crippen molar-refractivity contribution in [1.29, 1.82) is 0 Å². The van der Waals surface area contributed by atoms with Gasteiger partial charge in [0, 0.05) is 6.04 Å². The Morgan fingerprint density at radius 1 is 1.67 bits per heavy atom. The molecule has 1 heterocycles. The fraction of sp³-hybridized carbons (Fsp3) is 0.800. The first-order chi connectivity index (χ1) is 5.83. The average molecular weight is 185 g/mol. The van der Waals surface area contributed by atoms with Crippen LogP contribution in [0.3, 0.4) is 0 Å². The number of rotatable bonds is 4. The summed E-state index contributed by atoms with van der Waals surface area (Å²) < 4.78 is 0. The van der Waals surface area contributed by atoms with Crippen molar-refractivity contribution in [1.82, 2.24) is 5.32 Å². The molecule has 2 heteroatoms. The maximum absolute atomic E-state index is 3.38. The van der Waals surface area contributed by atoms with Gasteiger partial charge in [-0.25, -0.2) is 0 Å². The third-order valence-corrected chi connectivity index (χ3v) is 3.35. The molecule has 0 aromatic carbocycles. The molecule has 1 rings (SSSR count).